The van der Waals surface area contributed by atoms with Crippen molar-refractivity contribution in [2.24, 2.45) is 0 Å². The number of rotatable bonds is 7. The van der Waals surface area contributed by atoms with Gasteiger partial charge in [-0.15, -0.1) is 0 Å². The number of aromatic nitrogens is 1. The van der Waals surface area contributed by atoms with Crippen LogP contribution in [0.2, 0.25) is 0 Å². The molecular formula is C25H24N2O5. The molecule has 4 rings (SSSR count). The summed E-state index contributed by atoms with van der Waals surface area (Å²) in [7, 11) is 4.46. The predicted octanol–water partition coefficient (Wildman–Crippen LogP) is 4.66. The van der Waals surface area contributed by atoms with Gasteiger partial charge >= 0.3 is 0 Å². The molecule has 164 valence electrons. The summed E-state index contributed by atoms with van der Waals surface area (Å²) >= 11 is 0. The van der Waals surface area contributed by atoms with Gasteiger partial charge in [0.25, 0.3) is 11.7 Å². The van der Waals surface area contributed by atoms with Crippen LogP contribution in [0.3, 0.4) is 0 Å². The number of anilines is 1. The maximum atomic E-state index is 12.9. The average Bonchev–Trinajstić information content (AvgIpc) is 3.15. The van der Waals surface area contributed by atoms with Gasteiger partial charge in [0.2, 0.25) is 5.75 Å². The Morgan fingerprint density at radius 1 is 0.844 bits per heavy atom. The standard InChI is InChI=1S/C25H24N2O5/c1-5-27-19-9-7-6-8-17(19)18-12-15(10-11-20(18)27)23(28)25(29)26-16-13-21(30-2)24(32-4)22(14-16)31-3/h6-14H,5H2,1-4H3,(H,26,29). The SMILES string of the molecule is CCn1c2ccccc2c2cc(C(=O)C(=O)Nc3cc(OC)c(OC)c(OC)c3)ccc21. The van der Waals surface area contributed by atoms with Crippen molar-refractivity contribution in [3.63, 3.8) is 0 Å². The lowest BCUT2D eigenvalue weighted by molar-refractivity contribution is -0.112. The molecule has 0 bridgehead atoms. The number of fused-ring (bicyclic) bond motifs is 3. The van der Waals surface area contributed by atoms with E-state index in [1.165, 1.54) is 21.3 Å². The molecule has 7 heteroatoms. The van der Waals surface area contributed by atoms with Crippen molar-refractivity contribution in [1.82, 2.24) is 4.57 Å². The molecule has 0 atom stereocenters. The number of carbonyl (C=O) groups excluding carboxylic acids is 2. The van der Waals surface area contributed by atoms with E-state index in [0.29, 0.717) is 28.5 Å². The summed E-state index contributed by atoms with van der Waals surface area (Å²) in [4.78, 5) is 25.7. The maximum Gasteiger partial charge on any atom is 0.296 e. The predicted molar refractivity (Wildman–Crippen MR) is 124 cm³/mol. The molecule has 4 aromatic rings. The van der Waals surface area contributed by atoms with Crippen molar-refractivity contribution in [2.75, 3.05) is 26.6 Å². The highest BCUT2D eigenvalue weighted by atomic mass is 16.5. The second-order valence-electron chi connectivity index (χ2n) is 7.19. The van der Waals surface area contributed by atoms with Crippen LogP contribution in [0.1, 0.15) is 17.3 Å². The van der Waals surface area contributed by atoms with Gasteiger partial charge in [-0.1, -0.05) is 18.2 Å². The topological polar surface area (TPSA) is 78.8 Å². The number of hydrogen-bond acceptors (Lipinski definition) is 5. The summed E-state index contributed by atoms with van der Waals surface area (Å²) in [6.45, 7) is 2.88. The zero-order chi connectivity index (χ0) is 22.8. The van der Waals surface area contributed by atoms with Gasteiger partial charge in [-0.2, -0.15) is 0 Å². The third-order valence-electron chi connectivity index (χ3n) is 5.48. The Morgan fingerprint density at radius 2 is 1.50 bits per heavy atom. The zero-order valence-corrected chi connectivity index (χ0v) is 18.4. The van der Waals surface area contributed by atoms with E-state index in [4.69, 9.17) is 14.2 Å². The molecule has 0 fully saturated rings. The summed E-state index contributed by atoms with van der Waals surface area (Å²) < 4.78 is 18.1. The number of nitrogens with zero attached hydrogens (tertiary/aromatic N) is 1. The number of ether oxygens (including phenoxy) is 3. The molecular weight excluding hydrogens is 408 g/mol. The Labute approximate surface area is 185 Å². The first-order valence-electron chi connectivity index (χ1n) is 10.2. The fraction of sp³-hybridized carbons (Fsp3) is 0.200. The van der Waals surface area contributed by atoms with E-state index in [1.807, 2.05) is 24.3 Å². The van der Waals surface area contributed by atoms with E-state index in [-0.39, 0.29) is 0 Å². The van der Waals surface area contributed by atoms with Crippen LogP contribution < -0.4 is 19.5 Å². The Bertz CT molecular complexity index is 1310. The summed E-state index contributed by atoms with van der Waals surface area (Å²) in [5, 5.41) is 4.62. The summed E-state index contributed by atoms with van der Waals surface area (Å²) in [5.41, 5.74) is 2.80. The van der Waals surface area contributed by atoms with E-state index < -0.39 is 11.7 Å². The highest BCUT2D eigenvalue weighted by molar-refractivity contribution is 6.46. The number of nitrogens with one attached hydrogen (secondary N) is 1. The van der Waals surface area contributed by atoms with Crippen LogP contribution >= 0.6 is 0 Å². The van der Waals surface area contributed by atoms with E-state index in [2.05, 4.69) is 22.9 Å². The summed E-state index contributed by atoms with van der Waals surface area (Å²) in [5.74, 6) is -0.226. The number of carbonyl (C=O) groups is 2. The van der Waals surface area contributed by atoms with Gasteiger partial charge in [0.15, 0.2) is 11.5 Å². The molecule has 1 aromatic heterocycles. The van der Waals surface area contributed by atoms with Gasteiger partial charge in [-0.3, -0.25) is 9.59 Å². The number of Topliss-reactive ketones (excluding diaryl/α,β-unsaturated/α-hetero) is 1. The van der Waals surface area contributed by atoms with Crippen LogP contribution in [0, 0.1) is 0 Å². The van der Waals surface area contributed by atoms with E-state index >= 15 is 0 Å². The molecule has 0 radical (unpaired) electrons. The summed E-state index contributed by atoms with van der Waals surface area (Å²) in [6, 6.07) is 16.5. The quantitative estimate of drug-likeness (QED) is 0.339. The number of ketones is 1. The minimum Gasteiger partial charge on any atom is -0.493 e. The van der Waals surface area contributed by atoms with Crippen molar-refractivity contribution in [3.8, 4) is 17.2 Å². The van der Waals surface area contributed by atoms with E-state index in [0.717, 1.165) is 28.4 Å². The van der Waals surface area contributed by atoms with Gasteiger partial charge in [-0.05, 0) is 31.2 Å². The number of aryl methyl sites for hydroxylation is 1. The highest BCUT2D eigenvalue weighted by Crippen LogP contribution is 2.40. The lowest BCUT2D eigenvalue weighted by Gasteiger charge is -2.14. The van der Waals surface area contributed by atoms with Gasteiger partial charge < -0.3 is 24.1 Å². The minimum atomic E-state index is -0.752. The van der Waals surface area contributed by atoms with E-state index in [9.17, 15) is 9.59 Å². The molecule has 0 aliphatic rings. The molecule has 7 nitrogen and oxygen atoms in total. The average molecular weight is 432 g/mol. The highest BCUT2D eigenvalue weighted by Gasteiger charge is 2.21. The van der Waals surface area contributed by atoms with Crippen LogP contribution in [0.4, 0.5) is 5.69 Å². The number of methoxy groups -OCH3 is 3. The zero-order valence-electron chi connectivity index (χ0n) is 18.4. The molecule has 0 saturated heterocycles. The fourth-order valence-corrected chi connectivity index (χ4v) is 4.01. The van der Waals surface area contributed by atoms with Gasteiger partial charge in [0, 0.05) is 51.7 Å². The van der Waals surface area contributed by atoms with Crippen LogP contribution in [0.15, 0.2) is 54.6 Å². The summed E-state index contributed by atoms with van der Waals surface area (Å²) in [6.07, 6.45) is 0. The van der Waals surface area contributed by atoms with Gasteiger partial charge in [0.05, 0.1) is 21.3 Å². The molecule has 0 spiro atoms. The van der Waals surface area contributed by atoms with Gasteiger partial charge in [-0.25, -0.2) is 0 Å². The van der Waals surface area contributed by atoms with Crippen molar-refractivity contribution in [2.45, 2.75) is 13.5 Å². The third kappa shape index (κ3) is 3.51. The molecule has 0 aliphatic heterocycles. The molecule has 1 N–H and O–H groups in total. The van der Waals surface area contributed by atoms with Crippen LogP contribution in [0.5, 0.6) is 17.2 Å². The number of hydrogen-bond donors (Lipinski definition) is 1. The minimum absolute atomic E-state index is 0.321. The lowest BCUT2D eigenvalue weighted by atomic mass is 10.1. The molecule has 32 heavy (non-hydrogen) atoms. The Kier molecular flexibility index (Phi) is 5.73. The maximum absolute atomic E-state index is 12.9. The lowest BCUT2D eigenvalue weighted by Crippen LogP contribution is -2.23. The Morgan fingerprint density at radius 3 is 2.12 bits per heavy atom. The second-order valence-corrected chi connectivity index (χ2v) is 7.19. The van der Waals surface area contributed by atoms with E-state index in [1.54, 1.807) is 24.3 Å². The Balaban J connectivity index is 1.68. The largest absolute Gasteiger partial charge is 0.493 e. The number of benzene rings is 3. The monoisotopic (exact) mass is 432 g/mol. The van der Waals surface area contributed by atoms with Crippen molar-refractivity contribution in [1.29, 1.82) is 0 Å². The molecule has 3 aromatic carbocycles. The smallest absolute Gasteiger partial charge is 0.296 e. The number of para-hydroxylation sites is 1. The fourth-order valence-electron chi connectivity index (χ4n) is 4.01. The van der Waals surface area contributed by atoms with Crippen molar-refractivity contribution in [3.05, 3.63) is 60.2 Å². The number of amides is 1. The van der Waals surface area contributed by atoms with Gasteiger partial charge in [0.1, 0.15) is 0 Å². The normalized spacial score (nSPS) is 10.9. The molecule has 1 amide bonds. The second kappa shape index (κ2) is 8.63. The first kappa shape index (κ1) is 21.2. The molecule has 1 heterocycles. The van der Waals surface area contributed by atoms with Crippen molar-refractivity contribution < 1.29 is 23.8 Å². The first-order chi connectivity index (χ1) is 15.5. The first-order valence-corrected chi connectivity index (χ1v) is 10.2. The van der Waals surface area contributed by atoms with Crippen LogP contribution in [-0.4, -0.2) is 37.6 Å². The van der Waals surface area contributed by atoms with Crippen molar-refractivity contribution >= 4 is 39.2 Å². The van der Waals surface area contributed by atoms with Crippen LogP contribution in [-0.2, 0) is 11.3 Å². The Hall–Kier alpha value is -4.00. The van der Waals surface area contributed by atoms with Crippen LogP contribution in [0.25, 0.3) is 21.8 Å². The molecule has 0 saturated carbocycles. The molecule has 0 aliphatic carbocycles. The molecule has 0 unspecified atom stereocenters. The third-order valence-corrected chi connectivity index (χ3v) is 5.48.